The van der Waals surface area contributed by atoms with Crippen LogP contribution in [-0.2, 0) is 14.8 Å². The molecule has 2 aromatic rings. The van der Waals surface area contributed by atoms with Crippen LogP contribution in [0.2, 0.25) is 0 Å². The number of anilines is 1. The zero-order valence-corrected chi connectivity index (χ0v) is 18.6. The number of piperidine rings is 1. The van der Waals surface area contributed by atoms with Crippen molar-refractivity contribution in [2.75, 3.05) is 11.9 Å². The number of hydrogen-bond acceptors (Lipinski definition) is 3. The summed E-state index contributed by atoms with van der Waals surface area (Å²) in [5.41, 5.74) is 1.57. The molecule has 30 heavy (non-hydrogen) atoms. The van der Waals surface area contributed by atoms with Crippen LogP contribution in [0, 0.1) is 5.92 Å². The van der Waals surface area contributed by atoms with E-state index in [9.17, 15) is 13.2 Å². The molecule has 0 aromatic heterocycles. The van der Waals surface area contributed by atoms with Crippen molar-refractivity contribution in [1.82, 2.24) is 4.31 Å². The van der Waals surface area contributed by atoms with Crippen molar-refractivity contribution < 1.29 is 13.2 Å². The Morgan fingerprint density at radius 2 is 1.77 bits per heavy atom. The quantitative estimate of drug-likeness (QED) is 0.676. The summed E-state index contributed by atoms with van der Waals surface area (Å²) in [7, 11) is -3.72. The van der Waals surface area contributed by atoms with Crippen LogP contribution in [0.5, 0.6) is 0 Å². The summed E-state index contributed by atoms with van der Waals surface area (Å²) in [5.74, 6) is -0.112. The van der Waals surface area contributed by atoms with Gasteiger partial charge in [0.2, 0.25) is 15.9 Å². The second kappa shape index (κ2) is 8.33. The molecule has 1 amide bonds. The minimum atomic E-state index is -3.72. The molecule has 1 saturated heterocycles. The second-order valence-electron chi connectivity index (χ2n) is 8.31. The molecule has 0 bridgehead atoms. The lowest BCUT2D eigenvalue weighted by molar-refractivity contribution is -0.114. The fourth-order valence-electron chi connectivity index (χ4n) is 4.98. The van der Waals surface area contributed by atoms with Crippen molar-refractivity contribution in [1.29, 1.82) is 0 Å². The minimum Gasteiger partial charge on any atom is -0.326 e. The second-order valence-corrected chi connectivity index (χ2v) is 11.0. The van der Waals surface area contributed by atoms with Crippen molar-refractivity contribution in [3.8, 4) is 0 Å². The molecule has 2 fully saturated rings. The maximum atomic E-state index is 13.7. The number of amides is 1. The number of carbonyl (C=O) groups is 1. The van der Waals surface area contributed by atoms with Gasteiger partial charge in [-0.25, -0.2) is 8.42 Å². The molecule has 1 heterocycles. The van der Waals surface area contributed by atoms with Crippen LogP contribution >= 0.6 is 11.6 Å². The molecule has 3 atom stereocenters. The van der Waals surface area contributed by atoms with E-state index in [0.717, 1.165) is 31.2 Å². The number of nitrogens with one attached hydrogen (secondary N) is 1. The zero-order valence-electron chi connectivity index (χ0n) is 17.1. The summed E-state index contributed by atoms with van der Waals surface area (Å²) in [6.07, 6.45) is 4.69. The Hall–Kier alpha value is -1.89. The van der Waals surface area contributed by atoms with Gasteiger partial charge in [-0.3, -0.25) is 4.79 Å². The molecule has 1 saturated carbocycles. The molecule has 7 heteroatoms. The predicted octanol–water partition coefficient (Wildman–Crippen LogP) is 4.95. The third-order valence-corrected chi connectivity index (χ3v) is 8.94. The van der Waals surface area contributed by atoms with Crippen LogP contribution in [0.4, 0.5) is 5.69 Å². The number of nitrogens with zero attached hydrogens (tertiary/aromatic N) is 1. The number of halogens is 1. The van der Waals surface area contributed by atoms with Gasteiger partial charge in [-0.1, -0.05) is 43.2 Å². The number of alkyl halides is 1. The van der Waals surface area contributed by atoms with Gasteiger partial charge in [0.1, 0.15) is 0 Å². The van der Waals surface area contributed by atoms with Crippen molar-refractivity contribution in [3.05, 3.63) is 60.2 Å². The summed E-state index contributed by atoms with van der Waals surface area (Å²) in [5, 5.41) is 2.67. The summed E-state index contributed by atoms with van der Waals surface area (Å²) in [4.78, 5) is 11.1. The van der Waals surface area contributed by atoms with Crippen molar-refractivity contribution in [3.63, 3.8) is 0 Å². The van der Waals surface area contributed by atoms with E-state index in [1.165, 1.54) is 6.92 Å². The molecular weight excluding hydrogens is 420 g/mol. The van der Waals surface area contributed by atoms with E-state index < -0.39 is 10.0 Å². The fraction of sp³-hybridized carbons (Fsp3) is 0.435. The Morgan fingerprint density at radius 3 is 2.43 bits per heavy atom. The largest absolute Gasteiger partial charge is 0.326 e. The Labute approximate surface area is 183 Å². The highest BCUT2D eigenvalue weighted by molar-refractivity contribution is 7.89. The van der Waals surface area contributed by atoms with Crippen LogP contribution in [0.1, 0.15) is 50.6 Å². The lowest BCUT2D eigenvalue weighted by atomic mass is 9.69. The molecule has 160 valence electrons. The van der Waals surface area contributed by atoms with Gasteiger partial charge in [-0.05, 0) is 55.0 Å². The Kier molecular flexibility index (Phi) is 5.93. The first kappa shape index (κ1) is 21.3. The van der Waals surface area contributed by atoms with E-state index in [4.69, 9.17) is 11.6 Å². The van der Waals surface area contributed by atoms with Crippen LogP contribution in [0.15, 0.2) is 59.5 Å². The number of rotatable bonds is 4. The molecule has 4 rings (SSSR count). The van der Waals surface area contributed by atoms with Gasteiger partial charge in [0.15, 0.2) is 0 Å². The molecule has 1 aliphatic carbocycles. The maximum absolute atomic E-state index is 13.7. The summed E-state index contributed by atoms with van der Waals surface area (Å²) < 4.78 is 29.0. The van der Waals surface area contributed by atoms with Crippen LogP contribution in [0.25, 0.3) is 0 Å². The van der Waals surface area contributed by atoms with E-state index in [2.05, 4.69) is 5.32 Å². The van der Waals surface area contributed by atoms with E-state index in [1.807, 2.05) is 30.3 Å². The van der Waals surface area contributed by atoms with E-state index >= 15 is 0 Å². The minimum absolute atomic E-state index is 0.0810. The molecule has 0 unspecified atom stereocenters. The van der Waals surface area contributed by atoms with Crippen molar-refractivity contribution in [2.45, 2.75) is 54.8 Å². The number of carbonyl (C=O) groups excluding carboxylic acids is 1. The number of sulfonamides is 1. The lowest BCUT2D eigenvalue weighted by Gasteiger charge is -2.51. The SMILES string of the molecule is CC(=O)Nc1ccc(S(=O)(=O)N2CC[C@]3(Cl)CCCC[C@H]3[C@H]2c2ccccc2)cc1. The molecular formula is C23H27ClN2O3S. The van der Waals surface area contributed by atoms with Gasteiger partial charge in [-0.2, -0.15) is 4.31 Å². The first-order valence-electron chi connectivity index (χ1n) is 10.4. The highest BCUT2D eigenvalue weighted by Gasteiger charge is 2.51. The molecule has 1 N–H and O–H groups in total. The van der Waals surface area contributed by atoms with Gasteiger partial charge in [-0.15, -0.1) is 11.6 Å². The van der Waals surface area contributed by atoms with Crippen molar-refractivity contribution in [2.24, 2.45) is 5.92 Å². The molecule has 2 aliphatic rings. The molecule has 2 aromatic carbocycles. The van der Waals surface area contributed by atoms with Gasteiger partial charge in [0.25, 0.3) is 0 Å². The zero-order chi connectivity index (χ0) is 21.4. The van der Waals surface area contributed by atoms with Gasteiger partial charge in [0.05, 0.1) is 15.8 Å². The molecule has 0 radical (unpaired) electrons. The average molecular weight is 447 g/mol. The standard InChI is InChI=1S/C23H27ClN2O3S/c1-17(27)25-19-10-12-20(13-11-19)30(28,29)26-16-15-23(24)14-6-5-9-21(23)22(26)18-7-3-2-4-8-18/h2-4,7-8,10-13,21-22H,5-6,9,14-16H2,1H3,(H,25,27)/t21-,22+,23+/m0/s1. The summed E-state index contributed by atoms with van der Waals surface area (Å²) >= 11 is 7.09. The molecule has 1 aliphatic heterocycles. The first-order chi connectivity index (χ1) is 14.3. The van der Waals surface area contributed by atoms with Crippen LogP contribution < -0.4 is 5.32 Å². The smallest absolute Gasteiger partial charge is 0.243 e. The highest BCUT2D eigenvalue weighted by atomic mass is 35.5. The van der Waals surface area contributed by atoms with Crippen LogP contribution in [0.3, 0.4) is 0 Å². The molecule has 5 nitrogen and oxygen atoms in total. The molecule has 0 spiro atoms. The first-order valence-corrected chi connectivity index (χ1v) is 12.3. The Balaban J connectivity index is 1.72. The number of hydrogen-bond donors (Lipinski definition) is 1. The van der Waals surface area contributed by atoms with E-state index in [-0.39, 0.29) is 27.6 Å². The Morgan fingerprint density at radius 1 is 1.07 bits per heavy atom. The highest BCUT2D eigenvalue weighted by Crippen LogP contribution is 2.53. The number of benzene rings is 2. The number of fused-ring (bicyclic) bond motifs is 1. The summed E-state index contributed by atoms with van der Waals surface area (Å²) in [6, 6.07) is 16.0. The fourth-order valence-corrected chi connectivity index (χ4v) is 7.08. The van der Waals surface area contributed by atoms with E-state index in [0.29, 0.717) is 18.7 Å². The Bertz CT molecular complexity index is 1010. The normalized spacial score (nSPS) is 27.3. The average Bonchev–Trinajstić information content (AvgIpc) is 2.73. The third kappa shape index (κ3) is 4.01. The lowest BCUT2D eigenvalue weighted by Crippen LogP contribution is -2.53. The predicted molar refractivity (Wildman–Crippen MR) is 119 cm³/mol. The van der Waals surface area contributed by atoms with Crippen LogP contribution in [-0.4, -0.2) is 30.0 Å². The van der Waals surface area contributed by atoms with Gasteiger partial charge in [0, 0.05) is 19.2 Å². The van der Waals surface area contributed by atoms with E-state index in [1.54, 1.807) is 28.6 Å². The maximum Gasteiger partial charge on any atom is 0.243 e. The monoisotopic (exact) mass is 446 g/mol. The topological polar surface area (TPSA) is 66.5 Å². The van der Waals surface area contributed by atoms with Gasteiger partial charge >= 0.3 is 0 Å². The summed E-state index contributed by atoms with van der Waals surface area (Å²) in [6.45, 7) is 1.82. The van der Waals surface area contributed by atoms with Crippen molar-refractivity contribution >= 4 is 33.2 Å². The van der Waals surface area contributed by atoms with Gasteiger partial charge < -0.3 is 5.32 Å². The third-order valence-electron chi connectivity index (χ3n) is 6.38.